The van der Waals surface area contributed by atoms with Gasteiger partial charge in [0.2, 0.25) is 0 Å². The first-order chi connectivity index (χ1) is 10.1. The van der Waals surface area contributed by atoms with Crippen molar-refractivity contribution in [3.05, 3.63) is 0 Å². The van der Waals surface area contributed by atoms with Crippen molar-refractivity contribution >= 4 is 0 Å². The van der Waals surface area contributed by atoms with Crippen molar-refractivity contribution in [2.24, 2.45) is 5.92 Å². The van der Waals surface area contributed by atoms with Gasteiger partial charge in [0.1, 0.15) is 0 Å². The van der Waals surface area contributed by atoms with E-state index in [1.807, 2.05) is 0 Å². The van der Waals surface area contributed by atoms with Crippen molar-refractivity contribution in [2.75, 3.05) is 32.7 Å². The third-order valence-corrected chi connectivity index (χ3v) is 5.64. The molecule has 0 spiro atoms. The Hall–Kier alpha value is -0.120. The molecule has 2 saturated heterocycles. The molecule has 3 heteroatoms. The molecule has 2 fully saturated rings. The Morgan fingerprint density at radius 2 is 1.57 bits per heavy atom. The first kappa shape index (κ1) is 17.2. The molecular weight excluding hydrogens is 258 g/mol. The van der Waals surface area contributed by atoms with Crippen LogP contribution in [0, 0.1) is 5.92 Å². The Labute approximate surface area is 132 Å². The minimum absolute atomic E-state index is 0.698. The van der Waals surface area contributed by atoms with Gasteiger partial charge in [0.25, 0.3) is 0 Å². The van der Waals surface area contributed by atoms with Gasteiger partial charge >= 0.3 is 0 Å². The lowest BCUT2D eigenvalue weighted by Gasteiger charge is -2.39. The molecule has 3 nitrogen and oxygen atoms in total. The highest BCUT2D eigenvalue weighted by atomic mass is 15.2. The highest BCUT2D eigenvalue weighted by Gasteiger charge is 2.27. The second-order valence-electron chi connectivity index (χ2n) is 7.54. The lowest BCUT2D eigenvalue weighted by atomic mass is 9.89. The van der Waals surface area contributed by atoms with Crippen LogP contribution in [-0.2, 0) is 0 Å². The molecule has 2 aliphatic rings. The summed E-state index contributed by atoms with van der Waals surface area (Å²) in [6.07, 6.45) is 6.74. The van der Waals surface area contributed by atoms with Crippen LogP contribution < -0.4 is 5.32 Å². The summed E-state index contributed by atoms with van der Waals surface area (Å²) in [5, 5.41) is 3.95. The average molecular weight is 296 g/mol. The molecule has 1 N–H and O–H groups in total. The highest BCUT2D eigenvalue weighted by Crippen LogP contribution is 2.22. The average Bonchev–Trinajstić information content (AvgIpc) is 2.49. The van der Waals surface area contributed by atoms with Crippen molar-refractivity contribution in [1.82, 2.24) is 15.1 Å². The molecule has 0 aromatic carbocycles. The van der Waals surface area contributed by atoms with Gasteiger partial charge in [-0.15, -0.1) is 0 Å². The van der Waals surface area contributed by atoms with E-state index in [2.05, 4.69) is 42.8 Å². The number of nitrogens with zero attached hydrogens (tertiary/aromatic N) is 2. The van der Waals surface area contributed by atoms with Crippen LogP contribution in [0.4, 0.5) is 0 Å². The van der Waals surface area contributed by atoms with Crippen LogP contribution >= 0.6 is 0 Å². The molecule has 1 atom stereocenters. The Balaban J connectivity index is 1.67. The third kappa shape index (κ3) is 5.22. The van der Waals surface area contributed by atoms with Gasteiger partial charge in [0.15, 0.2) is 0 Å². The molecule has 0 aliphatic carbocycles. The Morgan fingerprint density at radius 3 is 2.10 bits per heavy atom. The van der Waals surface area contributed by atoms with Gasteiger partial charge in [0.05, 0.1) is 0 Å². The smallest absolute Gasteiger partial charge is 0.00940 e. The van der Waals surface area contributed by atoms with Crippen molar-refractivity contribution in [3.63, 3.8) is 0 Å². The molecule has 0 aromatic rings. The summed E-state index contributed by atoms with van der Waals surface area (Å²) >= 11 is 0. The first-order valence-electron chi connectivity index (χ1n) is 9.32. The van der Waals surface area contributed by atoms with Crippen LogP contribution in [0.2, 0.25) is 0 Å². The van der Waals surface area contributed by atoms with E-state index < -0.39 is 0 Å². The molecule has 21 heavy (non-hydrogen) atoms. The summed E-state index contributed by atoms with van der Waals surface area (Å²) in [5.41, 5.74) is 0. The predicted octanol–water partition coefficient (Wildman–Crippen LogP) is 2.96. The molecule has 1 unspecified atom stereocenters. The van der Waals surface area contributed by atoms with Crippen LogP contribution in [0.1, 0.15) is 59.8 Å². The summed E-state index contributed by atoms with van der Waals surface area (Å²) in [4.78, 5) is 5.26. The van der Waals surface area contributed by atoms with E-state index >= 15 is 0 Å². The SMILES string of the molecule is CCCN1CCC(C(C)NC2CCN(C(C)C)CC2)CC1. The number of rotatable bonds is 6. The maximum absolute atomic E-state index is 3.95. The fourth-order valence-electron chi connectivity index (χ4n) is 4.08. The van der Waals surface area contributed by atoms with Crippen molar-refractivity contribution < 1.29 is 0 Å². The molecule has 0 aromatic heterocycles. The van der Waals surface area contributed by atoms with E-state index in [1.54, 1.807) is 0 Å². The second kappa shape index (κ2) is 8.50. The third-order valence-electron chi connectivity index (χ3n) is 5.64. The standard InChI is InChI=1S/C18H37N3/c1-5-10-20-11-6-17(7-12-20)16(4)19-18-8-13-21(14-9-18)15(2)3/h15-19H,5-14H2,1-4H3. The highest BCUT2D eigenvalue weighted by molar-refractivity contribution is 4.85. The van der Waals surface area contributed by atoms with Crippen LogP contribution in [0.5, 0.6) is 0 Å². The quantitative estimate of drug-likeness (QED) is 0.813. The number of hydrogen-bond donors (Lipinski definition) is 1. The largest absolute Gasteiger partial charge is 0.311 e. The number of piperidine rings is 2. The number of hydrogen-bond acceptors (Lipinski definition) is 3. The normalized spacial score (nSPS) is 25.6. The lowest BCUT2D eigenvalue weighted by Crippen LogP contribution is -2.50. The molecule has 124 valence electrons. The zero-order chi connectivity index (χ0) is 15.2. The van der Waals surface area contributed by atoms with Gasteiger partial charge in [0, 0.05) is 18.1 Å². The van der Waals surface area contributed by atoms with Crippen molar-refractivity contribution in [1.29, 1.82) is 0 Å². The van der Waals surface area contributed by atoms with E-state index in [9.17, 15) is 0 Å². The Morgan fingerprint density at radius 1 is 0.952 bits per heavy atom. The molecule has 2 rings (SSSR count). The summed E-state index contributed by atoms with van der Waals surface area (Å²) in [6, 6.07) is 2.17. The van der Waals surface area contributed by atoms with Crippen LogP contribution in [-0.4, -0.2) is 60.6 Å². The number of likely N-dealkylation sites (tertiary alicyclic amines) is 2. The topological polar surface area (TPSA) is 18.5 Å². The van der Waals surface area contributed by atoms with Gasteiger partial charge in [-0.2, -0.15) is 0 Å². The van der Waals surface area contributed by atoms with E-state index in [4.69, 9.17) is 0 Å². The second-order valence-corrected chi connectivity index (χ2v) is 7.54. The van der Waals surface area contributed by atoms with Crippen molar-refractivity contribution in [3.8, 4) is 0 Å². The minimum Gasteiger partial charge on any atom is -0.311 e. The minimum atomic E-state index is 0.698. The lowest BCUT2D eigenvalue weighted by molar-refractivity contribution is 0.132. The van der Waals surface area contributed by atoms with Gasteiger partial charge in [-0.25, -0.2) is 0 Å². The Kier molecular flexibility index (Phi) is 6.97. The summed E-state index contributed by atoms with van der Waals surface area (Å²) in [7, 11) is 0. The van der Waals surface area contributed by atoms with Crippen LogP contribution in [0.25, 0.3) is 0 Å². The molecule has 0 radical (unpaired) electrons. The van der Waals surface area contributed by atoms with Crippen LogP contribution in [0.15, 0.2) is 0 Å². The fourth-order valence-corrected chi connectivity index (χ4v) is 4.08. The van der Waals surface area contributed by atoms with E-state index in [1.165, 1.54) is 64.8 Å². The van der Waals surface area contributed by atoms with E-state index in [0.29, 0.717) is 12.1 Å². The maximum Gasteiger partial charge on any atom is 0.00940 e. The van der Waals surface area contributed by atoms with Gasteiger partial charge in [-0.3, -0.25) is 0 Å². The van der Waals surface area contributed by atoms with Crippen molar-refractivity contribution in [2.45, 2.75) is 77.9 Å². The summed E-state index contributed by atoms with van der Waals surface area (Å²) < 4.78 is 0. The summed E-state index contributed by atoms with van der Waals surface area (Å²) in [5.74, 6) is 0.890. The summed E-state index contributed by atoms with van der Waals surface area (Å²) in [6.45, 7) is 15.8. The zero-order valence-corrected chi connectivity index (χ0v) is 14.8. The van der Waals surface area contributed by atoms with E-state index in [0.717, 1.165) is 12.0 Å². The van der Waals surface area contributed by atoms with Gasteiger partial charge in [-0.1, -0.05) is 6.92 Å². The van der Waals surface area contributed by atoms with Crippen LogP contribution in [0.3, 0.4) is 0 Å². The molecule has 0 bridgehead atoms. The van der Waals surface area contributed by atoms with E-state index in [-0.39, 0.29) is 0 Å². The van der Waals surface area contributed by atoms with Gasteiger partial charge in [-0.05, 0) is 91.5 Å². The maximum atomic E-state index is 3.95. The molecular formula is C18H37N3. The fraction of sp³-hybridized carbons (Fsp3) is 1.00. The van der Waals surface area contributed by atoms with Gasteiger partial charge < -0.3 is 15.1 Å². The monoisotopic (exact) mass is 295 g/mol. The molecule has 0 amide bonds. The first-order valence-corrected chi connectivity index (χ1v) is 9.32. The Bertz CT molecular complexity index is 276. The molecule has 2 aliphatic heterocycles. The zero-order valence-electron chi connectivity index (χ0n) is 14.8. The predicted molar refractivity (Wildman–Crippen MR) is 91.8 cm³/mol. The molecule has 0 saturated carbocycles. The number of nitrogens with one attached hydrogen (secondary N) is 1. The molecule has 2 heterocycles.